The summed E-state index contributed by atoms with van der Waals surface area (Å²) >= 11 is 6.06. The standard InChI is InChI=1S/C10H5ClN4O2/c11-7-3-1-2-5-4-6(10(16)17)9-12-13-14-15(9)8(5)7/h1-4H,(H,16,17). The third kappa shape index (κ3) is 1.34. The maximum atomic E-state index is 11.1. The number of carboxylic acids is 1. The lowest BCUT2D eigenvalue weighted by atomic mass is 10.1. The average molecular weight is 249 g/mol. The highest BCUT2D eigenvalue weighted by Gasteiger charge is 2.16. The fourth-order valence-electron chi connectivity index (χ4n) is 1.76. The number of pyridine rings is 1. The summed E-state index contributed by atoms with van der Waals surface area (Å²) in [6.45, 7) is 0. The second-order valence-corrected chi connectivity index (χ2v) is 3.86. The molecule has 1 N–H and O–H groups in total. The van der Waals surface area contributed by atoms with E-state index in [4.69, 9.17) is 16.7 Å². The zero-order valence-corrected chi connectivity index (χ0v) is 9.09. The van der Waals surface area contributed by atoms with Crippen molar-refractivity contribution in [3.63, 3.8) is 0 Å². The summed E-state index contributed by atoms with van der Waals surface area (Å²) in [4.78, 5) is 11.1. The molecule has 0 unspecified atom stereocenters. The van der Waals surface area contributed by atoms with E-state index in [0.29, 0.717) is 15.9 Å². The molecule has 84 valence electrons. The Morgan fingerprint density at radius 1 is 1.41 bits per heavy atom. The zero-order chi connectivity index (χ0) is 12.0. The highest BCUT2D eigenvalue weighted by molar-refractivity contribution is 6.35. The van der Waals surface area contributed by atoms with Crippen LogP contribution in [-0.2, 0) is 0 Å². The molecule has 6 nitrogen and oxygen atoms in total. The predicted octanol–water partition coefficient (Wildman–Crippen LogP) is 1.63. The van der Waals surface area contributed by atoms with Gasteiger partial charge in [0, 0.05) is 5.39 Å². The number of halogens is 1. The van der Waals surface area contributed by atoms with Gasteiger partial charge in [0.25, 0.3) is 0 Å². The van der Waals surface area contributed by atoms with Crippen molar-refractivity contribution < 1.29 is 9.90 Å². The molecular formula is C10H5ClN4O2. The topological polar surface area (TPSA) is 80.4 Å². The summed E-state index contributed by atoms with van der Waals surface area (Å²) in [5, 5.41) is 21.2. The lowest BCUT2D eigenvalue weighted by Gasteiger charge is -2.04. The van der Waals surface area contributed by atoms with Crippen LogP contribution in [0, 0.1) is 0 Å². The van der Waals surface area contributed by atoms with E-state index in [1.807, 2.05) is 0 Å². The van der Waals surface area contributed by atoms with Crippen molar-refractivity contribution in [3.8, 4) is 0 Å². The van der Waals surface area contributed by atoms with E-state index in [0.717, 1.165) is 0 Å². The van der Waals surface area contributed by atoms with Gasteiger partial charge in [-0.15, -0.1) is 5.10 Å². The second kappa shape index (κ2) is 3.39. The summed E-state index contributed by atoms with van der Waals surface area (Å²) in [6.07, 6.45) is 0. The summed E-state index contributed by atoms with van der Waals surface area (Å²) in [5.74, 6) is -1.08. The third-order valence-electron chi connectivity index (χ3n) is 2.47. The molecule has 3 aromatic rings. The van der Waals surface area contributed by atoms with E-state index in [1.165, 1.54) is 10.6 Å². The summed E-state index contributed by atoms with van der Waals surface area (Å²) in [7, 11) is 0. The van der Waals surface area contributed by atoms with Gasteiger partial charge >= 0.3 is 5.97 Å². The molecule has 7 heteroatoms. The predicted molar refractivity (Wildman–Crippen MR) is 60.3 cm³/mol. The van der Waals surface area contributed by atoms with Gasteiger partial charge in [-0.25, -0.2) is 4.79 Å². The summed E-state index contributed by atoms with van der Waals surface area (Å²) in [5.41, 5.74) is 0.821. The van der Waals surface area contributed by atoms with Crippen LogP contribution in [0.5, 0.6) is 0 Å². The Bertz CT molecular complexity index is 752. The Labute approximate surface area is 99.4 Å². The Morgan fingerprint density at radius 3 is 3.00 bits per heavy atom. The van der Waals surface area contributed by atoms with Gasteiger partial charge in [0.2, 0.25) is 0 Å². The highest BCUT2D eigenvalue weighted by Crippen LogP contribution is 2.25. The first-order chi connectivity index (χ1) is 8.18. The number of aromatic nitrogens is 4. The van der Waals surface area contributed by atoms with E-state index in [-0.39, 0.29) is 11.2 Å². The normalized spacial score (nSPS) is 11.1. The van der Waals surface area contributed by atoms with Crippen LogP contribution in [0.3, 0.4) is 0 Å². The number of fused-ring (bicyclic) bond motifs is 3. The van der Waals surface area contributed by atoms with Gasteiger partial charge in [-0.05, 0) is 22.6 Å². The van der Waals surface area contributed by atoms with Crippen molar-refractivity contribution >= 4 is 34.1 Å². The molecule has 3 rings (SSSR count). The van der Waals surface area contributed by atoms with Gasteiger partial charge in [0.05, 0.1) is 10.5 Å². The Balaban J connectivity index is 2.61. The van der Waals surface area contributed by atoms with Gasteiger partial charge in [-0.1, -0.05) is 23.7 Å². The quantitative estimate of drug-likeness (QED) is 0.708. The molecule has 0 radical (unpaired) electrons. The van der Waals surface area contributed by atoms with Crippen LogP contribution in [0.25, 0.3) is 16.6 Å². The number of rotatable bonds is 1. The lowest BCUT2D eigenvalue weighted by molar-refractivity contribution is 0.0698. The minimum Gasteiger partial charge on any atom is -0.478 e. The number of tetrazole rings is 1. The Kier molecular flexibility index (Phi) is 1.99. The van der Waals surface area contributed by atoms with E-state index >= 15 is 0 Å². The van der Waals surface area contributed by atoms with Crippen molar-refractivity contribution in [2.75, 3.05) is 0 Å². The molecule has 0 atom stereocenters. The Hall–Kier alpha value is -2.21. The lowest BCUT2D eigenvalue weighted by Crippen LogP contribution is -2.02. The number of hydrogen-bond acceptors (Lipinski definition) is 4. The summed E-state index contributed by atoms with van der Waals surface area (Å²) < 4.78 is 1.33. The number of aromatic carboxylic acids is 1. The molecule has 0 fully saturated rings. The van der Waals surface area contributed by atoms with Crippen LogP contribution in [0.15, 0.2) is 24.3 Å². The van der Waals surface area contributed by atoms with E-state index in [9.17, 15) is 4.79 Å². The van der Waals surface area contributed by atoms with Crippen LogP contribution in [0.2, 0.25) is 5.02 Å². The largest absolute Gasteiger partial charge is 0.478 e. The smallest absolute Gasteiger partial charge is 0.339 e. The first-order valence-electron chi connectivity index (χ1n) is 4.71. The first kappa shape index (κ1) is 9.98. The van der Waals surface area contributed by atoms with E-state index < -0.39 is 5.97 Å². The van der Waals surface area contributed by atoms with Crippen molar-refractivity contribution in [2.45, 2.75) is 0 Å². The summed E-state index contributed by atoms with van der Waals surface area (Å²) in [6, 6.07) is 6.71. The minimum atomic E-state index is -1.08. The number of benzene rings is 1. The maximum Gasteiger partial charge on any atom is 0.339 e. The van der Waals surface area contributed by atoms with Crippen molar-refractivity contribution in [1.29, 1.82) is 0 Å². The molecule has 0 saturated heterocycles. The van der Waals surface area contributed by atoms with Gasteiger partial charge in [0.1, 0.15) is 5.56 Å². The number of carbonyl (C=O) groups is 1. The van der Waals surface area contributed by atoms with E-state index in [1.54, 1.807) is 18.2 Å². The Morgan fingerprint density at radius 2 is 2.24 bits per heavy atom. The maximum absolute atomic E-state index is 11.1. The molecule has 0 bridgehead atoms. The monoisotopic (exact) mass is 248 g/mol. The highest BCUT2D eigenvalue weighted by atomic mass is 35.5. The fraction of sp³-hybridized carbons (Fsp3) is 0. The molecule has 0 spiro atoms. The molecule has 0 saturated carbocycles. The second-order valence-electron chi connectivity index (χ2n) is 3.46. The molecule has 2 heterocycles. The SMILES string of the molecule is O=C(O)c1cc2cccc(Cl)c2n2nnnc12. The molecule has 0 aliphatic heterocycles. The number of carboxylic acid groups (broad SMARTS) is 1. The average Bonchev–Trinajstić information content (AvgIpc) is 2.76. The third-order valence-corrected chi connectivity index (χ3v) is 2.78. The molecule has 1 aromatic carbocycles. The van der Waals surface area contributed by atoms with Gasteiger partial charge < -0.3 is 5.11 Å². The molecule has 0 aliphatic carbocycles. The number of hydrogen-bond donors (Lipinski definition) is 1. The van der Waals surface area contributed by atoms with Crippen molar-refractivity contribution in [2.24, 2.45) is 0 Å². The minimum absolute atomic E-state index is 0.0461. The van der Waals surface area contributed by atoms with Gasteiger partial charge in [-0.2, -0.15) is 4.52 Å². The first-order valence-corrected chi connectivity index (χ1v) is 5.09. The van der Waals surface area contributed by atoms with Crippen LogP contribution in [0.1, 0.15) is 10.4 Å². The number of nitrogens with zero attached hydrogens (tertiary/aromatic N) is 4. The van der Waals surface area contributed by atoms with E-state index in [2.05, 4.69) is 15.5 Å². The molecular weight excluding hydrogens is 244 g/mol. The van der Waals surface area contributed by atoms with Crippen LogP contribution in [-0.4, -0.2) is 31.1 Å². The van der Waals surface area contributed by atoms with Crippen molar-refractivity contribution in [1.82, 2.24) is 20.0 Å². The van der Waals surface area contributed by atoms with Crippen molar-refractivity contribution in [3.05, 3.63) is 34.9 Å². The van der Waals surface area contributed by atoms with Crippen LogP contribution in [0.4, 0.5) is 0 Å². The van der Waals surface area contributed by atoms with Gasteiger partial charge in [0.15, 0.2) is 5.65 Å². The zero-order valence-electron chi connectivity index (χ0n) is 8.33. The molecule has 0 aliphatic rings. The number of para-hydroxylation sites is 1. The fourth-order valence-corrected chi connectivity index (χ4v) is 2.02. The van der Waals surface area contributed by atoms with Crippen LogP contribution >= 0.6 is 11.6 Å². The molecule has 17 heavy (non-hydrogen) atoms. The molecule has 0 amide bonds. The van der Waals surface area contributed by atoms with Gasteiger partial charge in [-0.3, -0.25) is 0 Å². The van der Waals surface area contributed by atoms with Crippen LogP contribution < -0.4 is 0 Å². The molecule has 2 aromatic heterocycles.